The molecule has 0 saturated heterocycles. The standard InChI is InChI=1S/C16H15BrN4S/c1-2-21-15(12-7-9-18-10-8-12)19-20-16(21)22-11-13-5-3-4-6-14(13)17/h3-10H,2,11H2,1H3. The molecule has 0 radical (unpaired) electrons. The third-order valence-corrected chi connectivity index (χ3v) is 5.08. The molecule has 0 spiro atoms. The summed E-state index contributed by atoms with van der Waals surface area (Å²) in [4.78, 5) is 4.05. The summed E-state index contributed by atoms with van der Waals surface area (Å²) in [5.74, 6) is 1.75. The molecule has 0 unspecified atom stereocenters. The summed E-state index contributed by atoms with van der Waals surface area (Å²) in [6, 6.07) is 12.2. The number of aromatic nitrogens is 4. The van der Waals surface area contributed by atoms with Crippen LogP contribution in [0.25, 0.3) is 11.4 Å². The number of hydrogen-bond donors (Lipinski definition) is 0. The van der Waals surface area contributed by atoms with Gasteiger partial charge >= 0.3 is 0 Å². The summed E-state index contributed by atoms with van der Waals surface area (Å²) in [5.41, 5.74) is 2.29. The highest BCUT2D eigenvalue weighted by Crippen LogP contribution is 2.28. The van der Waals surface area contributed by atoms with Crippen molar-refractivity contribution < 1.29 is 0 Å². The van der Waals surface area contributed by atoms with E-state index in [0.717, 1.165) is 33.3 Å². The van der Waals surface area contributed by atoms with Gasteiger partial charge in [-0.15, -0.1) is 10.2 Å². The van der Waals surface area contributed by atoms with Crippen LogP contribution in [0.4, 0.5) is 0 Å². The lowest BCUT2D eigenvalue weighted by molar-refractivity contribution is 0.687. The minimum absolute atomic E-state index is 0.836. The Morgan fingerprint density at radius 3 is 2.59 bits per heavy atom. The van der Waals surface area contributed by atoms with Crippen LogP contribution in [0.3, 0.4) is 0 Å². The Balaban J connectivity index is 1.83. The van der Waals surface area contributed by atoms with Crippen LogP contribution in [0.5, 0.6) is 0 Å². The number of benzene rings is 1. The molecule has 1 aromatic carbocycles. The summed E-state index contributed by atoms with van der Waals surface area (Å²) in [5, 5.41) is 9.63. The topological polar surface area (TPSA) is 43.6 Å². The van der Waals surface area contributed by atoms with Gasteiger partial charge in [0.2, 0.25) is 0 Å². The molecule has 6 heteroatoms. The zero-order chi connectivity index (χ0) is 15.4. The fraction of sp³-hybridized carbons (Fsp3) is 0.188. The van der Waals surface area contributed by atoms with Crippen molar-refractivity contribution in [2.45, 2.75) is 24.4 Å². The first-order chi connectivity index (χ1) is 10.8. The molecular weight excluding hydrogens is 360 g/mol. The summed E-state index contributed by atoms with van der Waals surface area (Å²) < 4.78 is 3.26. The molecule has 2 heterocycles. The largest absolute Gasteiger partial charge is 0.302 e. The Morgan fingerprint density at radius 1 is 1.09 bits per heavy atom. The van der Waals surface area contributed by atoms with E-state index < -0.39 is 0 Å². The van der Waals surface area contributed by atoms with Gasteiger partial charge in [0.25, 0.3) is 0 Å². The van der Waals surface area contributed by atoms with Crippen LogP contribution in [0.15, 0.2) is 58.4 Å². The molecular formula is C16H15BrN4S. The van der Waals surface area contributed by atoms with Gasteiger partial charge < -0.3 is 4.57 Å². The van der Waals surface area contributed by atoms with Gasteiger partial charge in [0, 0.05) is 34.7 Å². The van der Waals surface area contributed by atoms with E-state index >= 15 is 0 Å². The van der Waals surface area contributed by atoms with Gasteiger partial charge in [-0.05, 0) is 30.7 Å². The average Bonchev–Trinajstić information content (AvgIpc) is 2.98. The van der Waals surface area contributed by atoms with E-state index in [1.807, 2.05) is 24.3 Å². The van der Waals surface area contributed by atoms with Gasteiger partial charge in [-0.2, -0.15) is 0 Å². The molecule has 0 atom stereocenters. The van der Waals surface area contributed by atoms with Crippen molar-refractivity contribution in [3.05, 3.63) is 58.8 Å². The SMILES string of the molecule is CCn1c(SCc2ccccc2Br)nnc1-c1ccncc1. The van der Waals surface area contributed by atoms with E-state index in [4.69, 9.17) is 0 Å². The zero-order valence-electron chi connectivity index (χ0n) is 12.1. The fourth-order valence-corrected chi connectivity index (χ4v) is 3.77. The molecule has 0 aliphatic carbocycles. The summed E-state index contributed by atoms with van der Waals surface area (Å²) in [6.07, 6.45) is 3.55. The summed E-state index contributed by atoms with van der Waals surface area (Å²) in [7, 11) is 0. The number of thioether (sulfide) groups is 1. The Morgan fingerprint density at radius 2 is 1.86 bits per heavy atom. The van der Waals surface area contributed by atoms with E-state index in [-0.39, 0.29) is 0 Å². The Labute approximate surface area is 142 Å². The number of hydrogen-bond acceptors (Lipinski definition) is 4. The van der Waals surface area contributed by atoms with Crippen molar-refractivity contribution in [1.82, 2.24) is 19.7 Å². The van der Waals surface area contributed by atoms with Gasteiger partial charge in [0.15, 0.2) is 11.0 Å². The van der Waals surface area contributed by atoms with Crippen molar-refractivity contribution in [3.63, 3.8) is 0 Å². The first kappa shape index (κ1) is 15.2. The van der Waals surface area contributed by atoms with Crippen LogP contribution in [-0.2, 0) is 12.3 Å². The maximum absolute atomic E-state index is 4.35. The number of pyridine rings is 1. The summed E-state index contributed by atoms with van der Waals surface area (Å²) >= 11 is 5.28. The van der Waals surface area contributed by atoms with Crippen LogP contribution in [0.1, 0.15) is 12.5 Å². The molecule has 3 rings (SSSR count). The van der Waals surface area contributed by atoms with Gasteiger partial charge in [-0.25, -0.2) is 0 Å². The van der Waals surface area contributed by atoms with Crippen LogP contribution < -0.4 is 0 Å². The molecule has 3 aromatic rings. The minimum Gasteiger partial charge on any atom is -0.302 e. The molecule has 4 nitrogen and oxygen atoms in total. The quantitative estimate of drug-likeness (QED) is 0.620. The Hall–Kier alpha value is -1.66. The van der Waals surface area contributed by atoms with E-state index in [2.05, 4.69) is 54.7 Å². The lowest BCUT2D eigenvalue weighted by Crippen LogP contribution is -2.00. The minimum atomic E-state index is 0.836. The summed E-state index contributed by atoms with van der Waals surface area (Å²) in [6.45, 7) is 2.94. The van der Waals surface area contributed by atoms with Crippen molar-refractivity contribution >= 4 is 27.7 Å². The van der Waals surface area contributed by atoms with Gasteiger partial charge in [-0.1, -0.05) is 45.9 Å². The normalized spacial score (nSPS) is 10.8. The predicted molar refractivity (Wildman–Crippen MR) is 92.6 cm³/mol. The number of rotatable bonds is 5. The van der Waals surface area contributed by atoms with E-state index in [1.165, 1.54) is 5.56 Å². The smallest absolute Gasteiger partial charge is 0.191 e. The Bertz CT molecular complexity index is 758. The highest BCUT2D eigenvalue weighted by molar-refractivity contribution is 9.10. The van der Waals surface area contributed by atoms with Crippen LogP contribution >= 0.6 is 27.7 Å². The molecule has 0 bridgehead atoms. The molecule has 0 amide bonds. The maximum atomic E-state index is 4.35. The van der Waals surface area contributed by atoms with Crippen molar-refractivity contribution in [2.24, 2.45) is 0 Å². The monoisotopic (exact) mass is 374 g/mol. The molecule has 22 heavy (non-hydrogen) atoms. The van der Waals surface area contributed by atoms with E-state index in [0.29, 0.717) is 0 Å². The van der Waals surface area contributed by atoms with Crippen molar-refractivity contribution in [1.29, 1.82) is 0 Å². The first-order valence-corrected chi connectivity index (χ1v) is 8.77. The van der Waals surface area contributed by atoms with Gasteiger partial charge in [-0.3, -0.25) is 4.98 Å². The van der Waals surface area contributed by atoms with Gasteiger partial charge in [0.1, 0.15) is 0 Å². The fourth-order valence-electron chi connectivity index (χ4n) is 2.15. The highest BCUT2D eigenvalue weighted by Gasteiger charge is 2.13. The number of halogens is 1. The van der Waals surface area contributed by atoms with Crippen LogP contribution in [0.2, 0.25) is 0 Å². The predicted octanol–water partition coefficient (Wildman–Crippen LogP) is 4.41. The van der Waals surface area contributed by atoms with Crippen LogP contribution in [-0.4, -0.2) is 19.7 Å². The molecule has 112 valence electrons. The van der Waals surface area contributed by atoms with Crippen molar-refractivity contribution in [2.75, 3.05) is 0 Å². The lowest BCUT2D eigenvalue weighted by atomic mass is 10.2. The second-order valence-electron chi connectivity index (χ2n) is 4.67. The second-order valence-corrected chi connectivity index (χ2v) is 6.46. The molecule has 0 aliphatic rings. The molecule has 2 aromatic heterocycles. The van der Waals surface area contributed by atoms with Gasteiger partial charge in [0.05, 0.1) is 0 Å². The van der Waals surface area contributed by atoms with Crippen molar-refractivity contribution in [3.8, 4) is 11.4 Å². The molecule has 0 aliphatic heterocycles. The average molecular weight is 375 g/mol. The third kappa shape index (κ3) is 3.23. The molecule has 0 saturated carbocycles. The maximum Gasteiger partial charge on any atom is 0.191 e. The lowest BCUT2D eigenvalue weighted by Gasteiger charge is -2.08. The second kappa shape index (κ2) is 7.07. The first-order valence-electron chi connectivity index (χ1n) is 6.99. The molecule has 0 N–H and O–H groups in total. The Kier molecular flexibility index (Phi) is 4.90. The zero-order valence-corrected chi connectivity index (χ0v) is 14.5. The highest BCUT2D eigenvalue weighted by atomic mass is 79.9. The van der Waals surface area contributed by atoms with E-state index in [1.54, 1.807) is 24.2 Å². The van der Waals surface area contributed by atoms with E-state index in [9.17, 15) is 0 Å². The van der Waals surface area contributed by atoms with Crippen LogP contribution in [0, 0.1) is 0 Å². The number of nitrogens with zero attached hydrogens (tertiary/aromatic N) is 4. The molecule has 0 fully saturated rings. The third-order valence-electron chi connectivity index (χ3n) is 3.29.